The Morgan fingerprint density at radius 1 is 1.00 bits per heavy atom. The highest BCUT2D eigenvalue weighted by molar-refractivity contribution is 5.84. The van der Waals surface area contributed by atoms with Gasteiger partial charge in [-0.15, -0.1) is 0 Å². The predicted octanol–water partition coefficient (Wildman–Crippen LogP) is 2.60. The molecule has 0 bridgehead atoms. The lowest BCUT2D eigenvalue weighted by Gasteiger charge is -2.21. The van der Waals surface area contributed by atoms with Gasteiger partial charge in [-0.05, 0) is 37.0 Å². The van der Waals surface area contributed by atoms with Gasteiger partial charge in [0.15, 0.2) is 11.5 Å². The molecular weight excluding hydrogens is 412 g/mol. The van der Waals surface area contributed by atoms with Crippen molar-refractivity contribution in [1.29, 1.82) is 0 Å². The molecule has 32 heavy (non-hydrogen) atoms. The Balaban J connectivity index is 1.87. The number of nitrogens with zero attached hydrogens (tertiary/aromatic N) is 1. The third-order valence-corrected chi connectivity index (χ3v) is 6.61. The van der Waals surface area contributed by atoms with Gasteiger partial charge in [-0.3, -0.25) is 9.59 Å². The van der Waals surface area contributed by atoms with Crippen LogP contribution >= 0.6 is 0 Å². The first-order valence-electron chi connectivity index (χ1n) is 11.4. The molecule has 3 rings (SSSR count). The molecule has 178 valence electrons. The lowest BCUT2D eigenvalue weighted by molar-refractivity contribution is -0.134. The van der Waals surface area contributed by atoms with Crippen LogP contribution in [0.2, 0.25) is 0 Å². The zero-order chi connectivity index (χ0) is 23.1. The topological polar surface area (TPSA) is 86.3 Å². The maximum Gasteiger partial charge on any atom is 0.225 e. The van der Waals surface area contributed by atoms with E-state index in [0.717, 1.165) is 37.7 Å². The van der Waals surface area contributed by atoms with Gasteiger partial charge in [-0.25, -0.2) is 0 Å². The van der Waals surface area contributed by atoms with Gasteiger partial charge < -0.3 is 29.2 Å². The van der Waals surface area contributed by atoms with Crippen molar-refractivity contribution >= 4 is 11.8 Å². The quantitative estimate of drug-likeness (QED) is 0.554. The largest absolute Gasteiger partial charge is 0.493 e. The van der Waals surface area contributed by atoms with E-state index in [9.17, 15) is 9.59 Å². The van der Waals surface area contributed by atoms with Gasteiger partial charge in [0, 0.05) is 45.2 Å². The van der Waals surface area contributed by atoms with E-state index in [1.54, 1.807) is 28.4 Å². The summed E-state index contributed by atoms with van der Waals surface area (Å²) in [5, 5.41) is 3.02. The van der Waals surface area contributed by atoms with Gasteiger partial charge >= 0.3 is 0 Å². The number of amides is 2. The number of hydrogen-bond donors (Lipinski definition) is 1. The highest BCUT2D eigenvalue weighted by Gasteiger charge is 2.42. The van der Waals surface area contributed by atoms with E-state index >= 15 is 0 Å². The lowest BCUT2D eigenvalue weighted by atomic mass is 9.88. The maximum atomic E-state index is 13.1. The van der Waals surface area contributed by atoms with Crippen LogP contribution in [0, 0.1) is 11.8 Å². The molecule has 1 aromatic carbocycles. The Labute approximate surface area is 190 Å². The number of carbonyl (C=O) groups excluding carboxylic acids is 2. The zero-order valence-electron chi connectivity index (χ0n) is 19.6. The van der Waals surface area contributed by atoms with Crippen molar-refractivity contribution in [2.75, 3.05) is 54.7 Å². The number of carbonyl (C=O) groups is 2. The fraction of sp³-hybridized carbons (Fsp3) is 0.667. The Morgan fingerprint density at radius 3 is 2.22 bits per heavy atom. The molecule has 0 aromatic heterocycles. The van der Waals surface area contributed by atoms with Crippen LogP contribution in [0.3, 0.4) is 0 Å². The average Bonchev–Trinajstić information content (AvgIpc) is 3.51. The molecule has 1 heterocycles. The molecule has 2 amide bonds. The zero-order valence-corrected chi connectivity index (χ0v) is 19.6. The Kier molecular flexibility index (Phi) is 8.61. The molecule has 8 heteroatoms. The van der Waals surface area contributed by atoms with Gasteiger partial charge in [-0.1, -0.05) is 12.8 Å². The standard InChI is InChI=1S/C24H36N2O6/c1-29-11-7-10-25-23(27)19-15-26(24(28)16-8-5-6-9-16)14-18(19)17-12-20(30-2)22(32-4)21(13-17)31-3/h12-13,16,18-19H,5-11,14-15H2,1-4H3,(H,25,27)/t18-,19+/m0/s1. The van der Waals surface area contributed by atoms with E-state index in [4.69, 9.17) is 18.9 Å². The fourth-order valence-corrected chi connectivity index (χ4v) is 4.89. The molecule has 0 spiro atoms. The Hall–Kier alpha value is -2.48. The highest BCUT2D eigenvalue weighted by Crippen LogP contribution is 2.43. The van der Waals surface area contributed by atoms with Gasteiger partial charge in [0.2, 0.25) is 17.6 Å². The smallest absolute Gasteiger partial charge is 0.225 e. The summed E-state index contributed by atoms with van der Waals surface area (Å²) in [6.07, 6.45) is 4.83. The van der Waals surface area contributed by atoms with Crippen molar-refractivity contribution in [2.24, 2.45) is 11.8 Å². The molecule has 2 aliphatic rings. The van der Waals surface area contributed by atoms with Crippen LogP contribution in [0.5, 0.6) is 17.2 Å². The van der Waals surface area contributed by atoms with Gasteiger partial charge in [-0.2, -0.15) is 0 Å². The minimum Gasteiger partial charge on any atom is -0.493 e. The number of hydrogen-bond acceptors (Lipinski definition) is 6. The number of rotatable bonds is 10. The second-order valence-electron chi connectivity index (χ2n) is 8.53. The van der Waals surface area contributed by atoms with E-state index in [1.807, 2.05) is 17.0 Å². The van der Waals surface area contributed by atoms with Crippen LogP contribution in [0.1, 0.15) is 43.6 Å². The number of benzene rings is 1. The first kappa shape index (κ1) is 24.2. The number of nitrogens with one attached hydrogen (secondary N) is 1. The molecule has 2 atom stereocenters. The van der Waals surface area contributed by atoms with Gasteiger partial charge in [0.1, 0.15) is 0 Å². The summed E-state index contributed by atoms with van der Waals surface area (Å²) in [7, 11) is 6.36. The van der Waals surface area contributed by atoms with Crippen molar-refractivity contribution in [2.45, 2.75) is 38.0 Å². The van der Waals surface area contributed by atoms with Crippen molar-refractivity contribution < 1.29 is 28.5 Å². The minimum absolute atomic E-state index is 0.0402. The average molecular weight is 449 g/mol. The lowest BCUT2D eigenvalue weighted by Crippen LogP contribution is -2.37. The Bertz CT molecular complexity index is 768. The van der Waals surface area contributed by atoms with E-state index in [2.05, 4.69) is 5.32 Å². The molecule has 8 nitrogen and oxygen atoms in total. The predicted molar refractivity (Wildman–Crippen MR) is 120 cm³/mol. The second-order valence-corrected chi connectivity index (χ2v) is 8.53. The molecule has 1 saturated heterocycles. The van der Waals surface area contributed by atoms with E-state index < -0.39 is 0 Å². The summed E-state index contributed by atoms with van der Waals surface area (Å²) in [5.74, 6) is 1.32. The maximum absolute atomic E-state index is 13.1. The summed E-state index contributed by atoms with van der Waals surface area (Å²) in [6.45, 7) is 2.06. The van der Waals surface area contributed by atoms with E-state index in [-0.39, 0.29) is 29.6 Å². The van der Waals surface area contributed by atoms with Crippen LogP contribution in [0.25, 0.3) is 0 Å². The molecule has 1 N–H and O–H groups in total. The Morgan fingerprint density at radius 2 is 1.66 bits per heavy atom. The second kappa shape index (κ2) is 11.4. The van der Waals surface area contributed by atoms with Crippen molar-refractivity contribution in [3.8, 4) is 17.2 Å². The third-order valence-electron chi connectivity index (χ3n) is 6.61. The van der Waals surface area contributed by atoms with Crippen molar-refractivity contribution in [3.63, 3.8) is 0 Å². The molecular formula is C24H36N2O6. The normalized spacial score (nSPS) is 20.9. The minimum atomic E-state index is -0.342. The summed E-state index contributed by atoms with van der Waals surface area (Å²) >= 11 is 0. The van der Waals surface area contributed by atoms with Gasteiger partial charge in [0.25, 0.3) is 0 Å². The van der Waals surface area contributed by atoms with Crippen LogP contribution in [-0.2, 0) is 14.3 Å². The number of ether oxygens (including phenoxy) is 4. The summed E-state index contributed by atoms with van der Waals surface area (Å²) in [5.41, 5.74) is 0.901. The van der Waals surface area contributed by atoms with E-state index in [0.29, 0.717) is 43.5 Å². The fourth-order valence-electron chi connectivity index (χ4n) is 4.89. The summed E-state index contributed by atoms with van der Waals surface area (Å²) < 4.78 is 21.6. The number of methoxy groups -OCH3 is 4. The third kappa shape index (κ3) is 5.28. The van der Waals surface area contributed by atoms with Crippen LogP contribution in [-0.4, -0.2) is 71.4 Å². The van der Waals surface area contributed by atoms with Gasteiger partial charge in [0.05, 0.1) is 27.2 Å². The molecule has 1 saturated carbocycles. The van der Waals surface area contributed by atoms with Crippen molar-refractivity contribution in [1.82, 2.24) is 10.2 Å². The molecule has 0 radical (unpaired) electrons. The summed E-state index contributed by atoms with van der Waals surface area (Å²) in [4.78, 5) is 28.2. The highest BCUT2D eigenvalue weighted by atomic mass is 16.5. The molecule has 1 aliphatic carbocycles. The SMILES string of the molecule is COCCCNC(=O)[C@@H]1CN(C(=O)C2CCCC2)C[C@H]1c1cc(OC)c(OC)c(OC)c1. The van der Waals surface area contributed by atoms with E-state index in [1.165, 1.54) is 0 Å². The van der Waals surface area contributed by atoms with Crippen molar-refractivity contribution in [3.05, 3.63) is 17.7 Å². The van der Waals surface area contributed by atoms with Crippen LogP contribution < -0.4 is 19.5 Å². The van der Waals surface area contributed by atoms with Crippen LogP contribution in [0.4, 0.5) is 0 Å². The molecule has 1 aromatic rings. The first-order valence-corrected chi connectivity index (χ1v) is 11.4. The van der Waals surface area contributed by atoms with Crippen LogP contribution in [0.15, 0.2) is 12.1 Å². The molecule has 2 fully saturated rings. The molecule has 1 aliphatic heterocycles. The molecule has 0 unspecified atom stereocenters. The number of likely N-dealkylation sites (tertiary alicyclic amines) is 1. The summed E-state index contributed by atoms with van der Waals surface area (Å²) in [6, 6.07) is 3.78. The first-order chi connectivity index (χ1) is 15.5. The monoisotopic (exact) mass is 448 g/mol.